The summed E-state index contributed by atoms with van der Waals surface area (Å²) in [6.45, 7) is 1.27. The minimum atomic E-state index is -4.95. The molecule has 4 aromatic rings. The molecular weight excluding hydrogens is 556 g/mol. The van der Waals surface area contributed by atoms with Crippen LogP contribution in [0.4, 0.5) is 40.8 Å². The summed E-state index contributed by atoms with van der Waals surface area (Å²) in [6, 6.07) is 1.51. The Morgan fingerprint density at radius 2 is 1.70 bits per heavy atom. The third kappa shape index (κ3) is 5.69. The lowest BCUT2D eigenvalue weighted by atomic mass is 10.1. The van der Waals surface area contributed by atoms with Crippen LogP contribution in [0.15, 0.2) is 58.7 Å². The van der Waals surface area contributed by atoms with E-state index in [4.69, 9.17) is 0 Å². The van der Waals surface area contributed by atoms with Gasteiger partial charge in [-0.25, -0.2) is 23.8 Å². The van der Waals surface area contributed by atoms with Gasteiger partial charge in [-0.2, -0.15) is 31.4 Å². The van der Waals surface area contributed by atoms with Crippen molar-refractivity contribution in [1.82, 2.24) is 24.7 Å². The van der Waals surface area contributed by atoms with Crippen molar-refractivity contribution in [2.24, 2.45) is 0 Å². The van der Waals surface area contributed by atoms with Gasteiger partial charge in [0.15, 0.2) is 17.5 Å². The topological polar surface area (TPSA) is 106 Å². The molecule has 0 unspecified atom stereocenters. The molecule has 0 saturated carbocycles. The number of halogens is 8. The fraction of sp³-hybridized carbons (Fsp3) is 0.208. The second-order valence-electron chi connectivity index (χ2n) is 8.43. The third-order valence-electron chi connectivity index (χ3n) is 5.62. The van der Waals surface area contributed by atoms with Gasteiger partial charge in [0.2, 0.25) is 0 Å². The number of anilines is 1. The summed E-state index contributed by atoms with van der Waals surface area (Å²) in [5, 5.41) is 6.82. The molecule has 16 heteroatoms. The van der Waals surface area contributed by atoms with Crippen LogP contribution in [-0.4, -0.2) is 30.8 Å². The van der Waals surface area contributed by atoms with E-state index in [1.807, 2.05) is 0 Å². The van der Waals surface area contributed by atoms with Crippen LogP contribution in [0.3, 0.4) is 0 Å². The quantitative estimate of drug-likeness (QED) is 0.251. The van der Waals surface area contributed by atoms with Crippen molar-refractivity contribution < 1.29 is 35.1 Å². The summed E-state index contributed by atoms with van der Waals surface area (Å²) in [5.74, 6) is -3.62. The first kappa shape index (κ1) is 28.4. The Bertz CT molecular complexity index is 1710. The Kier molecular flexibility index (Phi) is 7.45. The summed E-state index contributed by atoms with van der Waals surface area (Å²) >= 11 is 0. The molecule has 0 spiro atoms. The van der Waals surface area contributed by atoms with E-state index < -0.39 is 74.7 Å². The number of nitrogens with one attached hydrogen (secondary N) is 2. The molecule has 3 aromatic heterocycles. The zero-order valence-electron chi connectivity index (χ0n) is 20.0. The molecule has 0 radical (unpaired) electrons. The van der Waals surface area contributed by atoms with E-state index in [2.05, 4.69) is 20.4 Å². The minimum Gasteiger partial charge on any atom is -0.377 e. The van der Waals surface area contributed by atoms with Crippen molar-refractivity contribution in [3.05, 3.63) is 92.5 Å². The van der Waals surface area contributed by atoms with Gasteiger partial charge >= 0.3 is 12.4 Å². The first-order valence-electron chi connectivity index (χ1n) is 11.2. The number of fused-ring (bicyclic) bond motifs is 1. The number of hydrogen-bond donors (Lipinski definition) is 2. The van der Waals surface area contributed by atoms with Crippen LogP contribution in [0.2, 0.25) is 0 Å². The van der Waals surface area contributed by atoms with Crippen LogP contribution in [0.1, 0.15) is 18.1 Å². The lowest BCUT2D eigenvalue weighted by Crippen LogP contribution is -2.26. The van der Waals surface area contributed by atoms with Gasteiger partial charge in [-0.3, -0.25) is 9.59 Å². The second kappa shape index (κ2) is 10.5. The van der Waals surface area contributed by atoms with E-state index >= 15 is 0 Å². The van der Waals surface area contributed by atoms with Gasteiger partial charge in [0.1, 0.15) is 5.56 Å². The molecule has 210 valence electrons. The van der Waals surface area contributed by atoms with Crippen LogP contribution >= 0.6 is 0 Å². The van der Waals surface area contributed by atoms with Gasteiger partial charge in [-0.05, 0) is 24.4 Å². The standard InChI is InChI=1S/C24H16F8N6O2/c1-11(36-15-10-35-37-21(39)17(15)24(30,31)32)3-2-5-38-6-4-12-7-14(18(25)19(26)16(12)22(38)40)20-33-8-13(9-34-20)23(27,28)29/h2-4,6-11H,5H2,1H3,(H2,36,37,39)/b3-2+/t11-/m0/s1. The molecule has 8 nitrogen and oxygen atoms in total. The average molecular weight is 572 g/mol. The molecular formula is C24H16F8N6O2. The molecule has 0 aliphatic carbocycles. The average Bonchev–Trinajstić information content (AvgIpc) is 2.86. The number of H-pyrrole nitrogens is 1. The fourth-order valence-electron chi connectivity index (χ4n) is 3.76. The molecule has 2 N–H and O–H groups in total. The Hall–Kier alpha value is -4.63. The van der Waals surface area contributed by atoms with Gasteiger partial charge in [0, 0.05) is 31.2 Å². The van der Waals surface area contributed by atoms with Crippen LogP contribution in [-0.2, 0) is 18.9 Å². The Balaban J connectivity index is 1.58. The first-order valence-corrected chi connectivity index (χ1v) is 11.2. The molecule has 0 amide bonds. The molecule has 0 saturated heterocycles. The lowest BCUT2D eigenvalue weighted by Gasteiger charge is -2.15. The molecule has 4 rings (SSSR count). The number of hydrogen-bond acceptors (Lipinski definition) is 6. The van der Waals surface area contributed by atoms with Gasteiger partial charge in [-0.15, -0.1) is 0 Å². The van der Waals surface area contributed by atoms with Gasteiger partial charge in [0.05, 0.1) is 28.4 Å². The predicted molar refractivity (Wildman–Crippen MR) is 126 cm³/mol. The smallest absolute Gasteiger partial charge is 0.377 e. The predicted octanol–water partition coefficient (Wildman–Crippen LogP) is 4.91. The zero-order valence-corrected chi connectivity index (χ0v) is 20.0. The number of alkyl halides is 6. The summed E-state index contributed by atoms with van der Waals surface area (Å²) in [6.07, 6.45) is -4.06. The molecule has 0 bridgehead atoms. The van der Waals surface area contributed by atoms with E-state index in [9.17, 15) is 44.7 Å². The number of benzene rings is 1. The summed E-state index contributed by atoms with van der Waals surface area (Å²) in [5.41, 5.74) is -6.15. The van der Waals surface area contributed by atoms with Gasteiger partial charge in [-0.1, -0.05) is 12.2 Å². The van der Waals surface area contributed by atoms with Crippen molar-refractivity contribution in [2.45, 2.75) is 31.9 Å². The number of nitrogens with zero attached hydrogens (tertiary/aromatic N) is 4. The molecule has 0 fully saturated rings. The van der Waals surface area contributed by atoms with Crippen molar-refractivity contribution in [3.8, 4) is 11.4 Å². The number of allylic oxidation sites excluding steroid dienone is 1. The second-order valence-corrected chi connectivity index (χ2v) is 8.43. The van der Waals surface area contributed by atoms with Crippen LogP contribution < -0.4 is 16.4 Å². The lowest BCUT2D eigenvalue weighted by molar-refractivity contribution is -0.139. The summed E-state index contributed by atoms with van der Waals surface area (Å²) in [7, 11) is 0. The van der Waals surface area contributed by atoms with E-state index in [0.29, 0.717) is 12.4 Å². The van der Waals surface area contributed by atoms with E-state index in [-0.39, 0.29) is 11.9 Å². The first-order chi connectivity index (χ1) is 18.7. The summed E-state index contributed by atoms with van der Waals surface area (Å²) < 4.78 is 109. The maximum atomic E-state index is 14.9. The molecule has 0 aliphatic rings. The molecule has 40 heavy (non-hydrogen) atoms. The number of pyridine rings is 1. The highest BCUT2D eigenvalue weighted by molar-refractivity contribution is 5.86. The SMILES string of the molecule is C[C@@H](/C=C/Cn1ccc2cc(-c3ncc(C(F)(F)F)cn3)c(F)c(F)c2c1=O)Nc1cn[nH]c(=O)c1C(F)(F)F. The minimum absolute atomic E-state index is 0.0702. The zero-order chi connectivity index (χ0) is 29.4. The highest BCUT2D eigenvalue weighted by Crippen LogP contribution is 2.32. The van der Waals surface area contributed by atoms with Crippen molar-refractivity contribution in [3.63, 3.8) is 0 Å². The normalized spacial score (nSPS) is 13.2. The summed E-state index contributed by atoms with van der Waals surface area (Å²) in [4.78, 5) is 31.3. The largest absolute Gasteiger partial charge is 0.423 e. The Morgan fingerprint density at radius 3 is 2.33 bits per heavy atom. The van der Waals surface area contributed by atoms with Crippen molar-refractivity contribution in [1.29, 1.82) is 0 Å². The van der Waals surface area contributed by atoms with Crippen LogP contribution in [0, 0.1) is 11.6 Å². The van der Waals surface area contributed by atoms with Crippen molar-refractivity contribution in [2.75, 3.05) is 5.32 Å². The van der Waals surface area contributed by atoms with E-state index in [1.165, 1.54) is 31.3 Å². The molecule has 1 aromatic carbocycles. The van der Waals surface area contributed by atoms with Gasteiger partial charge < -0.3 is 9.88 Å². The maximum absolute atomic E-state index is 14.9. The Morgan fingerprint density at radius 1 is 1.02 bits per heavy atom. The number of rotatable bonds is 6. The maximum Gasteiger partial charge on any atom is 0.423 e. The van der Waals surface area contributed by atoms with Crippen molar-refractivity contribution >= 4 is 16.5 Å². The van der Waals surface area contributed by atoms with E-state index in [0.717, 1.165) is 16.8 Å². The van der Waals surface area contributed by atoms with Crippen LogP contribution in [0.5, 0.6) is 0 Å². The highest BCUT2D eigenvalue weighted by atomic mass is 19.4. The fourth-order valence-corrected chi connectivity index (χ4v) is 3.76. The molecule has 3 heterocycles. The Labute approximate surface area is 218 Å². The third-order valence-corrected chi connectivity index (χ3v) is 5.62. The highest BCUT2D eigenvalue weighted by Gasteiger charge is 2.37. The van der Waals surface area contributed by atoms with Crippen LogP contribution in [0.25, 0.3) is 22.2 Å². The molecule has 0 aliphatic heterocycles. The molecule has 1 atom stereocenters. The van der Waals surface area contributed by atoms with E-state index in [1.54, 1.807) is 5.10 Å². The number of aromatic nitrogens is 5. The van der Waals surface area contributed by atoms with Gasteiger partial charge in [0.25, 0.3) is 11.1 Å². The monoisotopic (exact) mass is 572 g/mol. The number of aromatic amines is 1.